The van der Waals surface area contributed by atoms with Gasteiger partial charge in [0.1, 0.15) is 17.2 Å². The molecule has 22 heavy (non-hydrogen) atoms. The Morgan fingerprint density at radius 1 is 1.05 bits per heavy atom. The zero-order chi connectivity index (χ0) is 15.7. The van der Waals surface area contributed by atoms with Gasteiger partial charge in [-0.05, 0) is 31.2 Å². The molecule has 0 aliphatic rings. The Balaban J connectivity index is 2.28. The highest BCUT2D eigenvalue weighted by molar-refractivity contribution is 6.20. The van der Waals surface area contributed by atoms with Crippen molar-refractivity contribution in [3.8, 4) is 11.5 Å². The van der Waals surface area contributed by atoms with Gasteiger partial charge in [-0.1, -0.05) is 18.2 Å². The molecule has 1 aromatic heterocycles. The van der Waals surface area contributed by atoms with Gasteiger partial charge in [-0.3, -0.25) is 4.98 Å². The van der Waals surface area contributed by atoms with Crippen LogP contribution in [0.15, 0.2) is 53.6 Å². The Bertz CT molecular complexity index is 888. The third kappa shape index (κ3) is 2.33. The fourth-order valence-corrected chi connectivity index (χ4v) is 2.51. The van der Waals surface area contributed by atoms with Crippen molar-refractivity contribution in [3.05, 3.63) is 65.4 Å². The average molecular weight is 293 g/mol. The number of hydrazone groups is 1. The number of aryl methyl sites for hydroxylation is 1. The predicted octanol–water partition coefficient (Wildman–Crippen LogP) is 2.67. The Kier molecular flexibility index (Phi) is 3.39. The summed E-state index contributed by atoms with van der Waals surface area (Å²) in [7, 11) is 0. The highest BCUT2D eigenvalue weighted by Gasteiger charge is 2.16. The molecule has 0 bridgehead atoms. The maximum Gasteiger partial charge on any atom is 0.128 e. The minimum absolute atomic E-state index is 0.0200. The van der Waals surface area contributed by atoms with Gasteiger partial charge < -0.3 is 16.1 Å². The highest BCUT2D eigenvalue weighted by atomic mass is 16.3. The summed E-state index contributed by atoms with van der Waals surface area (Å²) in [6.45, 7) is 1.89. The van der Waals surface area contributed by atoms with E-state index in [2.05, 4.69) is 10.1 Å². The van der Waals surface area contributed by atoms with E-state index in [0.717, 1.165) is 22.2 Å². The lowest BCUT2D eigenvalue weighted by atomic mass is 9.97. The van der Waals surface area contributed by atoms with Crippen LogP contribution in [0.3, 0.4) is 0 Å². The van der Waals surface area contributed by atoms with Gasteiger partial charge in [-0.15, -0.1) is 0 Å². The van der Waals surface area contributed by atoms with Crippen molar-refractivity contribution in [2.45, 2.75) is 6.92 Å². The van der Waals surface area contributed by atoms with Crippen molar-refractivity contribution in [1.82, 2.24) is 4.98 Å². The van der Waals surface area contributed by atoms with Crippen LogP contribution in [-0.4, -0.2) is 20.9 Å². The van der Waals surface area contributed by atoms with E-state index in [-0.39, 0.29) is 11.5 Å². The largest absolute Gasteiger partial charge is 0.508 e. The van der Waals surface area contributed by atoms with Crippen LogP contribution in [0, 0.1) is 6.92 Å². The number of hydrogen-bond donors (Lipinski definition) is 3. The average Bonchev–Trinajstić information content (AvgIpc) is 2.49. The molecule has 3 rings (SSSR count). The first-order chi connectivity index (χ1) is 10.6. The highest BCUT2D eigenvalue weighted by Crippen LogP contribution is 2.28. The van der Waals surface area contributed by atoms with Crippen molar-refractivity contribution < 1.29 is 10.2 Å². The number of nitrogens with zero attached hydrogens (tertiary/aromatic N) is 2. The monoisotopic (exact) mass is 293 g/mol. The molecule has 0 unspecified atom stereocenters. The molecule has 5 heteroatoms. The molecule has 0 aliphatic carbocycles. The first-order valence-corrected chi connectivity index (χ1v) is 6.77. The molecule has 0 aliphatic heterocycles. The van der Waals surface area contributed by atoms with Crippen LogP contribution >= 0.6 is 0 Å². The second kappa shape index (κ2) is 5.37. The SMILES string of the molecule is Cc1cc(/C(=N/N)c2ccc(O)cc2O)c2ccccc2n1. The molecule has 0 amide bonds. The minimum Gasteiger partial charge on any atom is -0.508 e. The van der Waals surface area contributed by atoms with Crippen LogP contribution < -0.4 is 5.84 Å². The minimum atomic E-state index is -0.0808. The van der Waals surface area contributed by atoms with E-state index >= 15 is 0 Å². The van der Waals surface area contributed by atoms with E-state index in [9.17, 15) is 10.2 Å². The third-order valence-electron chi connectivity index (χ3n) is 3.46. The van der Waals surface area contributed by atoms with E-state index in [0.29, 0.717) is 11.3 Å². The molecular formula is C17H15N3O2. The summed E-state index contributed by atoms with van der Waals surface area (Å²) in [5.74, 6) is 5.48. The predicted molar refractivity (Wildman–Crippen MR) is 86.1 cm³/mol. The van der Waals surface area contributed by atoms with E-state index < -0.39 is 0 Å². The van der Waals surface area contributed by atoms with Crippen molar-refractivity contribution in [3.63, 3.8) is 0 Å². The number of phenolic OH excluding ortho intramolecular Hbond substituents is 2. The summed E-state index contributed by atoms with van der Waals surface area (Å²) in [4.78, 5) is 4.48. The van der Waals surface area contributed by atoms with E-state index in [1.807, 2.05) is 37.3 Å². The van der Waals surface area contributed by atoms with E-state index in [4.69, 9.17) is 5.84 Å². The zero-order valence-corrected chi connectivity index (χ0v) is 12.0. The maximum absolute atomic E-state index is 10.1. The van der Waals surface area contributed by atoms with Crippen LogP contribution in [0.25, 0.3) is 10.9 Å². The lowest BCUT2D eigenvalue weighted by Gasteiger charge is -2.12. The first-order valence-electron chi connectivity index (χ1n) is 6.77. The fourth-order valence-electron chi connectivity index (χ4n) is 2.51. The number of pyridine rings is 1. The molecule has 3 aromatic rings. The topological polar surface area (TPSA) is 91.7 Å². The molecule has 0 fully saturated rings. The summed E-state index contributed by atoms with van der Waals surface area (Å²) >= 11 is 0. The lowest BCUT2D eigenvalue weighted by Crippen LogP contribution is -2.08. The van der Waals surface area contributed by atoms with Crippen LogP contribution in [0.4, 0.5) is 0 Å². The summed E-state index contributed by atoms with van der Waals surface area (Å²) in [6, 6.07) is 13.9. The number of aromatic nitrogens is 1. The van der Waals surface area contributed by atoms with Gasteiger partial charge in [0.2, 0.25) is 0 Å². The van der Waals surface area contributed by atoms with Gasteiger partial charge in [0.05, 0.1) is 5.52 Å². The molecular weight excluding hydrogens is 278 g/mol. The number of hydrogen-bond acceptors (Lipinski definition) is 5. The van der Waals surface area contributed by atoms with Crippen molar-refractivity contribution in [1.29, 1.82) is 0 Å². The van der Waals surface area contributed by atoms with Crippen molar-refractivity contribution in [2.24, 2.45) is 10.9 Å². The summed E-state index contributed by atoms with van der Waals surface area (Å²) in [5, 5.41) is 24.3. The van der Waals surface area contributed by atoms with Gasteiger partial charge in [-0.25, -0.2) is 0 Å². The Morgan fingerprint density at radius 2 is 1.82 bits per heavy atom. The Labute approximate surface area is 127 Å². The van der Waals surface area contributed by atoms with Gasteiger partial charge in [0.25, 0.3) is 0 Å². The molecule has 0 saturated carbocycles. The van der Waals surface area contributed by atoms with Crippen LogP contribution in [0.2, 0.25) is 0 Å². The molecule has 4 N–H and O–H groups in total. The first kappa shape index (κ1) is 13.9. The number of nitrogens with two attached hydrogens (primary N) is 1. The number of fused-ring (bicyclic) bond motifs is 1. The Hall–Kier alpha value is -3.08. The van der Waals surface area contributed by atoms with Crippen molar-refractivity contribution in [2.75, 3.05) is 0 Å². The van der Waals surface area contributed by atoms with Crippen LogP contribution in [0.1, 0.15) is 16.8 Å². The second-order valence-corrected chi connectivity index (χ2v) is 5.01. The molecule has 1 heterocycles. The molecule has 5 nitrogen and oxygen atoms in total. The third-order valence-corrected chi connectivity index (χ3v) is 3.46. The standard InChI is InChI=1S/C17H15N3O2/c1-10-8-14(12-4-2-3-5-15(12)19-10)17(20-18)13-7-6-11(21)9-16(13)22/h2-9,21-22H,18H2,1H3/b20-17+. The summed E-state index contributed by atoms with van der Waals surface area (Å²) < 4.78 is 0. The van der Waals surface area contributed by atoms with Crippen LogP contribution in [0.5, 0.6) is 11.5 Å². The van der Waals surface area contributed by atoms with Crippen LogP contribution in [-0.2, 0) is 0 Å². The molecule has 0 radical (unpaired) electrons. The van der Waals surface area contributed by atoms with Gasteiger partial charge >= 0.3 is 0 Å². The summed E-state index contributed by atoms with van der Waals surface area (Å²) in [6.07, 6.45) is 0. The van der Waals surface area contributed by atoms with Gasteiger partial charge in [0.15, 0.2) is 0 Å². The maximum atomic E-state index is 10.1. The normalized spacial score (nSPS) is 11.8. The number of para-hydroxylation sites is 1. The number of aromatic hydroxyl groups is 2. The quantitative estimate of drug-likeness (QED) is 0.385. The van der Waals surface area contributed by atoms with E-state index in [1.54, 1.807) is 6.07 Å². The Morgan fingerprint density at radius 3 is 2.55 bits per heavy atom. The molecule has 0 atom stereocenters. The smallest absolute Gasteiger partial charge is 0.128 e. The molecule has 2 aromatic carbocycles. The van der Waals surface area contributed by atoms with Crippen molar-refractivity contribution >= 4 is 16.6 Å². The summed E-state index contributed by atoms with van der Waals surface area (Å²) in [5.41, 5.74) is 3.34. The molecule has 0 spiro atoms. The lowest BCUT2D eigenvalue weighted by molar-refractivity contribution is 0.450. The fraction of sp³-hybridized carbons (Fsp3) is 0.0588. The van der Waals surface area contributed by atoms with E-state index in [1.165, 1.54) is 12.1 Å². The number of phenols is 2. The zero-order valence-electron chi connectivity index (χ0n) is 12.0. The second-order valence-electron chi connectivity index (χ2n) is 5.01. The van der Waals surface area contributed by atoms with Gasteiger partial charge in [0, 0.05) is 28.3 Å². The molecule has 110 valence electrons. The number of benzene rings is 2. The van der Waals surface area contributed by atoms with Gasteiger partial charge in [-0.2, -0.15) is 5.10 Å². The number of rotatable bonds is 2. The molecule has 0 saturated heterocycles.